The highest BCUT2D eigenvalue weighted by Gasteiger charge is 2.23. The smallest absolute Gasteiger partial charge is 0.319 e. The number of hydrogen-bond donors (Lipinski definition) is 2. The second kappa shape index (κ2) is 3.32. The maximum absolute atomic E-state index is 11.4. The van der Waals surface area contributed by atoms with Gasteiger partial charge in [-0.3, -0.25) is 4.68 Å². The van der Waals surface area contributed by atoms with Gasteiger partial charge in [-0.25, -0.2) is 4.79 Å². The molecule has 1 aliphatic carbocycles. The predicted molar refractivity (Wildman–Crippen MR) is 53.1 cm³/mol. The first-order valence-corrected chi connectivity index (χ1v) is 4.73. The maximum atomic E-state index is 11.4. The highest BCUT2D eigenvalue weighted by atomic mass is 16.2. The number of carbonyl (C=O) groups excluding carboxylic acids is 1. The maximum Gasteiger partial charge on any atom is 0.319 e. The van der Waals surface area contributed by atoms with E-state index in [1.54, 1.807) is 10.9 Å². The summed E-state index contributed by atoms with van der Waals surface area (Å²) in [6, 6.07) is 0.246. The first-order valence-electron chi connectivity index (χ1n) is 4.73. The number of aryl methyl sites for hydroxylation is 2. The number of aromatic nitrogens is 2. The van der Waals surface area contributed by atoms with E-state index in [0.717, 1.165) is 24.2 Å². The van der Waals surface area contributed by atoms with Gasteiger partial charge in [0.1, 0.15) is 0 Å². The second-order valence-corrected chi connectivity index (χ2v) is 3.67. The molecular formula is C9H14N4O. The van der Waals surface area contributed by atoms with Gasteiger partial charge in [-0.2, -0.15) is 5.10 Å². The van der Waals surface area contributed by atoms with Gasteiger partial charge in [-0.05, 0) is 19.8 Å². The van der Waals surface area contributed by atoms with Crippen LogP contribution in [0.5, 0.6) is 0 Å². The molecule has 0 saturated heterocycles. The minimum Gasteiger partial charge on any atom is -0.335 e. The van der Waals surface area contributed by atoms with Crippen molar-refractivity contribution in [1.82, 2.24) is 15.1 Å². The van der Waals surface area contributed by atoms with Crippen molar-refractivity contribution in [3.05, 3.63) is 11.9 Å². The number of amides is 2. The fourth-order valence-corrected chi connectivity index (χ4v) is 1.29. The van der Waals surface area contributed by atoms with Crippen molar-refractivity contribution < 1.29 is 4.79 Å². The molecule has 1 saturated carbocycles. The zero-order valence-electron chi connectivity index (χ0n) is 8.37. The van der Waals surface area contributed by atoms with Crippen molar-refractivity contribution in [3.63, 3.8) is 0 Å². The first-order chi connectivity index (χ1) is 6.65. The minimum atomic E-state index is -0.136. The highest BCUT2D eigenvalue weighted by Crippen LogP contribution is 2.19. The largest absolute Gasteiger partial charge is 0.335 e. The summed E-state index contributed by atoms with van der Waals surface area (Å²) in [5, 5.41) is 9.75. The van der Waals surface area contributed by atoms with E-state index in [1.165, 1.54) is 0 Å². The molecule has 76 valence electrons. The van der Waals surface area contributed by atoms with Gasteiger partial charge >= 0.3 is 6.03 Å². The number of nitrogens with one attached hydrogen (secondary N) is 2. The number of anilines is 1. The Hall–Kier alpha value is -1.52. The summed E-state index contributed by atoms with van der Waals surface area (Å²) in [5.41, 5.74) is 1.60. The van der Waals surface area contributed by atoms with Crippen molar-refractivity contribution in [2.75, 3.05) is 5.32 Å². The molecule has 0 spiro atoms. The monoisotopic (exact) mass is 194 g/mol. The van der Waals surface area contributed by atoms with E-state index in [4.69, 9.17) is 0 Å². The second-order valence-electron chi connectivity index (χ2n) is 3.67. The van der Waals surface area contributed by atoms with E-state index in [-0.39, 0.29) is 6.03 Å². The van der Waals surface area contributed by atoms with Crippen LogP contribution < -0.4 is 10.6 Å². The average molecular weight is 194 g/mol. The van der Waals surface area contributed by atoms with Crippen LogP contribution in [0.4, 0.5) is 10.5 Å². The van der Waals surface area contributed by atoms with Crippen LogP contribution in [0.3, 0.4) is 0 Å². The lowest BCUT2D eigenvalue weighted by molar-refractivity contribution is 0.251. The molecule has 5 nitrogen and oxygen atoms in total. The fraction of sp³-hybridized carbons (Fsp3) is 0.556. The van der Waals surface area contributed by atoms with Gasteiger partial charge in [0.25, 0.3) is 0 Å². The van der Waals surface area contributed by atoms with Crippen LogP contribution in [0.1, 0.15) is 18.5 Å². The van der Waals surface area contributed by atoms with Crippen LogP contribution in [0.2, 0.25) is 0 Å². The standard InChI is InChI=1S/C9H14N4O/c1-6-8(5-13(2)12-6)11-9(14)10-7-3-4-7/h5,7H,3-4H2,1-2H3,(H2,10,11,14). The fourth-order valence-electron chi connectivity index (χ4n) is 1.29. The van der Waals surface area contributed by atoms with Crippen LogP contribution in [-0.2, 0) is 7.05 Å². The minimum absolute atomic E-state index is 0.136. The van der Waals surface area contributed by atoms with Gasteiger partial charge in [0.05, 0.1) is 11.4 Å². The molecule has 1 aliphatic rings. The van der Waals surface area contributed by atoms with Gasteiger partial charge in [0, 0.05) is 19.3 Å². The highest BCUT2D eigenvalue weighted by molar-refractivity contribution is 5.90. The predicted octanol–water partition coefficient (Wildman–Crippen LogP) is 1.01. The van der Waals surface area contributed by atoms with Gasteiger partial charge in [0.15, 0.2) is 0 Å². The van der Waals surface area contributed by atoms with Crippen molar-refractivity contribution >= 4 is 11.7 Å². The Morgan fingerprint density at radius 1 is 1.64 bits per heavy atom. The molecule has 0 atom stereocenters. The lowest BCUT2D eigenvalue weighted by Gasteiger charge is -2.04. The van der Waals surface area contributed by atoms with E-state index < -0.39 is 0 Å². The molecule has 1 heterocycles. The molecule has 2 rings (SSSR count). The lowest BCUT2D eigenvalue weighted by Crippen LogP contribution is -2.30. The number of urea groups is 1. The van der Waals surface area contributed by atoms with Crippen molar-refractivity contribution in [2.24, 2.45) is 7.05 Å². The molecule has 0 aliphatic heterocycles. The van der Waals surface area contributed by atoms with Gasteiger partial charge in [-0.1, -0.05) is 0 Å². The van der Waals surface area contributed by atoms with Crippen LogP contribution in [0, 0.1) is 6.92 Å². The molecule has 1 aromatic rings. The molecular weight excluding hydrogens is 180 g/mol. The molecule has 2 N–H and O–H groups in total. The van der Waals surface area contributed by atoms with Gasteiger partial charge in [-0.15, -0.1) is 0 Å². The Morgan fingerprint density at radius 3 is 2.86 bits per heavy atom. The van der Waals surface area contributed by atoms with E-state index in [1.807, 2.05) is 14.0 Å². The molecule has 0 bridgehead atoms. The zero-order chi connectivity index (χ0) is 10.1. The van der Waals surface area contributed by atoms with E-state index in [9.17, 15) is 4.79 Å². The number of rotatable bonds is 2. The Bertz CT molecular complexity index is 354. The molecule has 0 radical (unpaired) electrons. The summed E-state index contributed by atoms with van der Waals surface area (Å²) in [4.78, 5) is 11.4. The van der Waals surface area contributed by atoms with Crippen molar-refractivity contribution in [2.45, 2.75) is 25.8 Å². The Kier molecular flexibility index (Phi) is 2.15. The molecule has 5 heteroatoms. The Morgan fingerprint density at radius 2 is 2.36 bits per heavy atom. The number of carbonyl (C=O) groups is 1. The topological polar surface area (TPSA) is 59.0 Å². The first kappa shape index (κ1) is 9.05. The summed E-state index contributed by atoms with van der Waals surface area (Å²) in [6.07, 6.45) is 3.99. The average Bonchev–Trinajstić information content (AvgIpc) is 2.81. The van der Waals surface area contributed by atoms with Crippen LogP contribution in [0.15, 0.2) is 6.20 Å². The summed E-state index contributed by atoms with van der Waals surface area (Å²) in [6.45, 7) is 1.87. The Labute approximate surface area is 82.5 Å². The van der Waals surface area contributed by atoms with Crippen LogP contribution >= 0.6 is 0 Å². The van der Waals surface area contributed by atoms with Crippen LogP contribution in [-0.4, -0.2) is 21.9 Å². The van der Waals surface area contributed by atoms with Crippen LogP contribution in [0.25, 0.3) is 0 Å². The van der Waals surface area contributed by atoms with E-state index in [2.05, 4.69) is 15.7 Å². The van der Waals surface area contributed by atoms with Gasteiger partial charge in [0.2, 0.25) is 0 Å². The third-order valence-electron chi connectivity index (χ3n) is 2.17. The summed E-state index contributed by atoms with van der Waals surface area (Å²) in [7, 11) is 1.83. The van der Waals surface area contributed by atoms with E-state index >= 15 is 0 Å². The number of nitrogens with zero attached hydrogens (tertiary/aromatic N) is 2. The molecule has 1 fully saturated rings. The molecule has 14 heavy (non-hydrogen) atoms. The normalized spacial score (nSPS) is 15.3. The molecule has 2 amide bonds. The third-order valence-corrected chi connectivity index (χ3v) is 2.17. The van der Waals surface area contributed by atoms with Gasteiger partial charge < -0.3 is 10.6 Å². The van der Waals surface area contributed by atoms with Crippen molar-refractivity contribution in [1.29, 1.82) is 0 Å². The molecule has 0 aromatic carbocycles. The quantitative estimate of drug-likeness (QED) is 0.738. The molecule has 1 aromatic heterocycles. The number of hydrogen-bond acceptors (Lipinski definition) is 2. The van der Waals surface area contributed by atoms with E-state index in [0.29, 0.717) is 6.04 Å². The SMILES string of the molecule is Cc1nn(C)cc1NC(=O)NC1CC1. The molecule has 0 unspecified atom stereocenters. The zero-order valence-corrected chi connectivity index (χ0v) is 8.37. The summed E-state index contributed by atoms with van der Waals surface area (Å²) in [5.74, 6) is 0. The van der Waals surface area contributed by atoms with Crippen molar-refractivity contribution in [3.8, 4) is 0 Å². The third kappa shape index (κ3) is 2.04. The Balaban J connectivity index is 1.95. The summed E-state index contributed by atoms with van der Waals surface area (Å²) >= 11 is 0. The summed E-state index contributed by atoms with van der Waals surface area (Å²) < 4.78 is 1.68. The lowest BCUT2D eigenvalue weighted by atomic mass is 10.4.